The van der Waals surface area contributed by atoms with E-state index in [0.717, 1.165) is 23.2 Å². The number of carboxylic acids is 1. The van der Waals surface area contributed by atoms with Gasteiger partial charge in [-0.2, -0.15) is 0 Å². The number of hydrogen-bond donors (Lipinski definition) is 2. The number of ether oxygens (including phenoxy) is 1. The number of rotatable bonds is 14. The fourth-order valence-electron chi connectivity index (χ4n) is 4.75. The molecule has 0 aliphatic rings. The van der Waals surface area contributed by atoms with Crippen molar-refractivity contribution in [1.82, 2.24) is 0 Å². The van der Waals surface area contributed by atoms with Gasteiger partial charge in [-0.25, -0.2) is 4.79 Å². The maximum Gasteiger partial charge on any atom is 0.326 e. The maximum absolute atomic E-state index is 13.1. The first kappa shape index (κ1) is 30.1. The van der Waals surface area contributed by atoms with Crippen LogP contribution in [0, 0.1) is 6.92 Å². The van der Waals surface area contributed by atoms with Crippen molar-refractivity contribution >= 4 is 29.0 Å². The summed E-state index contributed by atoms with van der Waals surface area (Å²) in [4.78, 5) is 39.8. The van der Waals surface area contributed by atoms with Crippen molar-refractivity contribution in [1.29, 1.82) is 0 Å². The zero-order valence-electron chi connectivity index (χ0n) is 24.0. The first-order valence-electron chi connectivity index (χ1n) is 14.1. The Labute approximate surface area is 246 Å². The molecule has 0 spiro atoms. The highest BCUT2D eigenvalue weighted by molar-refractivity contribution is 6.12. The molecule has 0 heterocycles. The predicted octanol–water partition coefficient (Wildman–Crippen LogP) is 6.55. The van der Waals surface area contributed by atoms with Crippen molar-refractivity contribution in [3.63, 3.8) is 0 Å². The van der Waals surface area contributed by atoms with Crippen molar-refractivity contribution in [2.75, 3.05) is 23.4 Å². The lowest BCUT2D eigenvalue weighted by Crippen LogP contribution is -2.35. The molecule has 7 nitrogen and oxygen atoms in total. The molecule has 0 aromatic heterocycles. The number of para-hydroxylation sites is 2. The van der Waals surface area contributed by atoms with E-state index in [4.69, 9.17) is 4.74 Å². The van der Waals surface area contributed by atoms with E-state index in [9.17, 15) is 19.5 Å². The number of aliphatic carboxylic acids is 1. The minimum Gasteiger partial charge on any atom is -0.492 e. The highest BCUT2D eigenvalue weighted by Gasteiger charge is 2.22. The molecule has 1 amide bonds. The number of anilines is 2. The largest absolute Gasteiger partial charge is 0.492 e. The summed E-state index contributed by atoms with van der Waals surface area (Å²) in [7, 11) is 0. The molecule has 42 heavy (non-hydrogen) atoms. The quantitative estimate of drug-likeness (QED) is 0.169. The second-order valence-corrected chi connectivity index (χ2v) is 10.1. The average Bonchev–Trinajstić information content (AvgIpc) is 3.00. The molecule has 0 unspecified atom stereocenters. The van der Waals surface area contributed by atoms with Crippen LogP contribution in [0.5, 0.6) is 5.75 Å². The molecule has 0 saturated carbocycles. The summed E-state index contributed by atoms with van der Waals surface area (Å²) < 4.78 is 5.95. The van der Waals surface area contributed by atoms with Crippen LogP contribution in [0.15, 0.2) is 103 Å². The molecule has 0 aliphatic heterocycles. The minimum atomic E-state index is -1.02. The summed E-state index contributed by atoms with van der Waals surface area (Å²) >= 11 is 0. The Kier molecular flexibility index (Phi) is 10.5. The van der Waals surface area contributed by atoms with Gasteiger partial charge in [0.1, 0.15) is 18.4 Å². The highest BCUT2D eigenvalue weighted by Crippen LogP contribution is 2.23. The third-order valence-corrected chi connectivity index (χ3v) is 6.95. The Morgan fingerprint density at radius 1 is 0.857 bits per heavy atom. The number of ketones is 1. The van der Waals surface area contributed by atoms with Gasteiger partial charge in [-0.1, -0.05) is 79.7 Å². The van der Waals surface area contributed by atoms with Gasteiger partial charge >= 0.3 is 5.97 Å². The Morgan fingerprint density at radius 2 is 1.52 bits per heavy atom. The number of aryl methyl sites for hydroxylation is 1. The normalized spacial score (nSPS) is 11.4. The number of nitrogens with one attached hydrogen (secondary N) is 1. The number of nitrogens with zero attached hydrogens (tertiary/aromatic N) is 1. The Bertz CT molecular complexity index is 1500. The summed E-state index contributed by atoms with van der Waals surface area (Å²) in [6.07, 6.45) is 1.44. The zero-order chi connectivity index (χ0) is 29.9. The smallest absolute Gasteiger partial charge is 0.326 e. The van der Waals surface area contributed by atoms with Crippen LogP contribution in [-0.2, 0) is 16.0 Å². The fraction of sp³-hybridized carbons (Fsp3) is 0.229. The van der Waals surface area contributed by atoms with Crippen molar-refractivity contribution in [2.45, 2.75) is 39.2 Å². The summed E-state index contributed by atoms with van der Waals surface area (Å²) in [6, 6.07) is 30.0. The summed E-state index contributed by atoms with van der Waals surface area (Å²) in [5, 5.41) is 13.0. The molecule has 7 heteroatoms. The van der Waals surface area contributed by atoms with Crippen LogP contribution in [0.2, 0.25) is 0 Å². The predicted molar refractivity (Wildman–Crippen MR) is 165 cm³/mol. The fourth-order valence-corrected chi connectivity index (χ4v) is 4.75. The molecule has 4 aromatic rings. The van der Waals surface area contributed by atoms with Crippen LogP contribution in [0.4, 0.5) is 11.4 Å². The minimum absolute atomic E-state index is 0.0602. The number of benzene rings is 4. The lowest BCUT2D eigenvalue weighted by Gasteiger charge is -2.24. The molecule has 4 rings (SSSR count). The van der Waals surface area contributed by atoms with E-state index >= 15 is 0 Å². The second kappa shape index (κ2) is 14.6. The van der Waals surface area contributed by atoms with Gasteiger partial charge in [0.25, 0.3) is 0 Å². The van der Waals surface area contributed by atoms with Gasteiger partial charge in [0.2, 0.25) is 5.91 Å². The van der Waals surface area contributed by atoms with Gasteiger partial charge in [0, 0.05) is 35.3 Å². The van der Waals surface area contributed by atoms with Crippen LogP contribution in [0.3, 0.4) is 0 Å². The third-order valence-electron chi connectivity index (χ3n) is 6.95. The highest BCUT2D eigenvalue weighted by atomic mass is 16.5. The molecule has 0 aliphatic carbocycles. The summed E-state index contributed by atoms with van der Waals surface area (Å²) in [6.45, 7) is 4.70. The lowest BCUT2D eigenvalue weighted by molar-refractivity contribution is -0.137. The van der Waals surface area contributed by atoms with E-state index in [2.05, 4.69) is 5.32 Å². The van der Waals surface area contributed by atoms with Crippen LogP contribution in [0.1, 0.15) is 46.8 Å². The van der Waals surface area contributed by atoms with E-state index in [0.29, 0.717) is 42.1 Å². The van der Waals surface area contributed by atoms with E-state index < -0.39 is 12.0 Å². The van der Waals surface area contributed by atoms with Crippen LogP contribution in [0.25, 0.3) is 0 Å². The first-order valence-corrected chi connectivity index (χ1v) is 14.1. The van der Waals surface area contributed by atoms with Crippen molar-refractivity contribution in [2.24, 2.45) is 0 Å². The van der Waals surface area contributed by atoms with Gasteiger partial charge < -0.3 is 20.1 Å². The molecular formula is C35H36N2O5. The second-order valence-electron chi connectivity index (χ2n) is 10.1. The van der Waals surface area contributed by atoms with Crippen LogP contribution >= 0.6 is 0 Å². The molecule has 0 saturated heterocycles. The molecule has 0 bridgehead atoms. The molecule has 2 N–H and O–H groups in total. The Balaban J connectivity index is 1.39. The summed E-state index contributed by atoms with van der Waals surface area (Å²) in [5.74, 6) is -0.512. The molecule has 0 fully saturated rings. The van der Waals surface area contributed by atoms with Crippen molar-refractivity contribution in [3.8, 4) is 5.75 Å². The standard InChI is InChI=1S/C35H36N2O5/c1-3-11-33(38)37(32-17-10-7-12-25(32)2)22-23-42-28-20-18-26(19-21-28)24-31(35(40)41)36-30-16-9-8-15-29(30)34(39)27-13-5-4-6-14-27/h4-10,12-21,31,36H,3,11,22-24H2,1-2H3,(H,40,41)/t31-/m0/s1. The molecular weight excluding hydrogens is 528 g/mol. The third kappa shape index (κ3) is 7.85. The zero-order valence-corrected chi connectivity index (χ0v) is 24.0. The van der Waals surface area contributed by atoms with Crippen LogP contribution < -0.4 is 15.0 Å². The summed E-state index contributed by atoms with van der Waals surface area (Å²) in [5.41, 5.74) is 4.12. The van der Waals surface area contributed by atoms with E-state index in [1.165, 1.54) is 0 Å². The SMILES string of the molecule is CCCC(=O)N(CCOc1ccc(C[C@H](Nc2ccccc2C(=O)c2ccccc2)C(=O)O)cc1)c1ccccc1C. The number of carbonyl (C=O) groups is 3. The molecule has 216 valence electrons. The van der Waals surface area contributed by atoms with Gasteiger partial charge in [0.15, 0.2) is 5.78 Å². The Morgan fingerprint density at radius 3 is 2.21 bits per heavy atom. The van der Waals surface area contributed by atoms with E-state index in [1.807, 2.05) is 56.3 Å². The van der Waals surface area contributed by atoms with Gasteiger partial charge in [-0.3, -0.25) is 9.59 Å². The number of amides is 1. The van der Waals surface area contributed by atoms with E-state index in [1.54, 1.807) is 65.6 Å². The topological polar surface area (TPSA) is 95.9 Å². The molecule has 0 radical (unpaired) electrons. The first-order chi connectivity index (χ1) is 20.4. The molecule has 4 aromatic carbocycles. The number of carbonyl (C=O) groups excluding carboxylic acids is 2. The monoisotopic (exact) mass is 564 g/mol. The van der Waals surface area contributed by atoms with Crippen LogP contribution in [-0.4, -0.2) is 42.0 Å². The van der Waals surface area contributed by atoms with Crippen molar-refractivity contribution < 1.29 is 24.2 Å². The average molecular weight is 565 g/mol. The van der Waals surface area contributed by atoms with Gasteiger partial charge in [-0.15, -0.1) is 0 Å². The number of hydrogen-bond acceptors (Lipinski definition) is 5. The molecule has 1 atom stereocenters. The maximum atomic E-state index is 13.1. The number of carboxylic acid groups (broad SMARTS) is 1. The van der Waals surface area contributed by atoms with E-state index in [-0.39, 0.29) is 18.1 Å². The van der Waals surface area contributed by atoms with Crippen molar-refractivity contribution in [3.05, 3.63) is 125 Å². The lowest BCUT2D eigenvalue weighted by atomic mass is 10.00. The van der Waals surface area contributed by atoms with Gasteiger partial charge in [0.05, 0.1) is 6.54 Å². The van der Waals surface area contributed by atoms with Gasteiger partial charge in [-0.05, 0) is 54.8 Å². The Hall–Kier alpha value is -4.91.